The van der Waals surface area contributed by atoms with Crippen LogP contribution >= 0.6 is 23.1 Å². The first kappa shape index (κ1) is 11.4. The van der Waals surface area contributed by atoms with E-state index < -0.39 is 0 Å². The van der Waals surface area contributed by atoms with Crippen LogP contribution in [0.25, 0.3) is 0 Å². The topological polar surface area (TPSA) is 38.9 Å². The minimum Gasteiger partial charge on any atom is -0.328 e. The van der Waals surface area contributed by atoms with E-state index in [-0.39, 0.29) is 6.04 Å². The van der Waals surface area contributed by atoms with Crippen molar-refractivity contribution in [1.82, 2.24) is 4.98 Å². The van der Waals surface area contributed by atoms with Crippen LogP contribution in [0.2, 0.25) is 0 Å². The zero-order valence-electron chi connectivity index (χ0n) is 9.11. The van der Waals surface area contributed by atoms with Crippen LogP contribution in [0.3, 0.4) is 0 Å². The number of aromatic nitrogens is 1. The van der Waals surface area contributed by atoms with Gasteiger partial charge in [-0.2, -0.15) is 11.8 Å². The number of nitrogens with zero attached hydrogens (tertiary/aromatic N) is 1. The van der Waals surface area contributed by atoms with Gasteiger partial charge < -0.3 is 5.73 Å². The first-order chi connectivity index (χ1) is 7.24. The van der Waals surface area contributed by atoms with Gasteiger partial charge in [0.1, 0.15) is 0 Å². The molecule has 0 spiro atoms. The number of thioether (sulfide) groups is 1. The highest BCUT2D eigenvalue weighted by atomic mass is 32.2. The molecule has 4 heteroatoms. The molecule has 2 rings (SSSR count). The lowest BCUT2D eigenvalue weighted by Gasteiger charge is -2.04. The second-order valence-corrected chi connectivity index (χ2v) is 6.60. The SMILES string of the molecule is CC(N)Cc1csc(CC2CCCS2)n1. The van der Waals surface area contributed by atoms with Gasteiger partial charge in [0.15, 0.2) is 0 Å². The molecule has 0 radical (unpaired) electrons. The maximum atomic E-state index is 5.76. The summed E-state index contributed by atoms with van der Waals surface area (Å²) in [6.45, 7) is 2.03. The summed E-state index contributed by atoms with van der Waals surface area (Å²) in [5, 5.41) is 4.28. The van der Waals surface area contributed by atoms with Gasteiger partial charge in [0.25, 0.3) is 0 Å². The van der Waals surface area contributed by atoms with Gasteiger partial charge in [0, 0.05) is 29.5 Å². The second-order valence-electron chi connectivity index (χ2n) is 4.25. The second kappa shape index (κ2) is 5.32. The molecule has 0 saturated carbocycles. The molecule has 84 valence electrons. The van der Waals surface area contributed by atoms with Gasteiger partial charge in [0.05, 0.1) is 10.7 Å². The Hall–Kier alpha value is -0.0600. The molecule has 2 nitrogen and oxygen atoms in total. The molecule has 0 aliphatic carbocycles. The fourth-order valence-electron chi connectivity index (χ4n) is 1.87. The van der Waals surface area contributed by atoms with Crippen molar-refractivity contribution in [3.05, 3.63) is 16.1 Å². The number of rotatable bonds is 4. The zero-order chi connectivity index (χ0) is 10.7. The Morgan fingerprint density at radius 2 is 2.53 bits per heavy atom. The van der Waals surface area contributed by atoms with Crippen LogP contribution in [0.15, 0.2) is 5.38 Å². The Morgan fingerprint density at radius 1 is 1.67 bits per heavy atom. The van der Waals surface area contributed by atoms with Crippen LogP contribution in [0, 0.1) is 0 Å². The smallest absolute Gasteiger partial charge is 0.0939 e. The number of hydrogen-bond acceptors (Lipinski definition) is 4. The van der Waals surface area contributed by atoms with Crippen molar-refractivity contribution < 1.29 is 0 Å². The van der Waals surface area contributed by atoms with Gasteiger partial charge in [-0.25, -0.2) is 4.98 Å². The molecular weight excluding hydrogens is 224 g/mol. The highest BCUT2D eigenvalue weighted by Crippen LogP contribution is 2.29. The van der Waals surface area contributed by atoms with Crippen molar-refractivity contribution in [2.75, 3.05) is 5.75 Å². The minimum atomic E-state index is 0.223. The average molecular weight is 242 g/mol. The fraction of sp³-hybridized carbons (Fsp3) is 0.727. The third-order valence-electron chi connectivity index (χ3n) is 2.56. The van der Waals surface area contributed by atoms with Gasteiger partial charge in [-0.05, 0) is 25.5 Å². The molecular formula is C11H18N2S2. The third-order valence-corrected chi connectivity index (χ3v) is 4.87. The average Bonchev–Trinajstić information content (AvgIpc) is 2.77. The first-order valence-corrected chi connectivity index (χ1v) is 7.47. The van der Waals surface area contributed by atoms with Crippen LogP contribution in [-0.2, 0) is 12.8 Å². The quantitative estimate of drug-likeness (QED) is 0.881. The Labute approximate surface area is 99.7 Å². The van der Waals surface area contributed by atoms with Gasteiger partial charge >= 0.3 is 0 Å². The van der Waals surface area contributed by atoms with Crippen molar-refractivity contribution in [1.29, 1.82) is 0 Å². The molecule has 0 bridgehead atoms. The van der Waals surface area contributed by atoms with Crippen LogP contribution in [0.1, 0.15) is 30.5 Å². The standard InChI is InChI=1S/C11H18N2S2/c1-8(12)5-9-7-15-11(13-9)6-10-3-2-4-14-10/h7-8,10H,2-6,12H2,1H3. The van der Waals surface area contributed by atoms with Crippen molar-refractivity contribution in [2.45, 2.75) is 43.9 Å². The molecule has 1 saturated heterocycles. The summed E-state index contributed by atoms with van der Waals surface area (Å²) in [4.78, 5) is 4.64. The predicted octanol–water partition coefficient (Wildman–Crippen LogP) is 2.47. The number of nitrogens with two attached hydrogens (primary N) is 1. The predicted molar refractivity (Wildman–Crippen MR) is 68.7 cm³/mol. The van der Waals surface area contributed by atoms with Crippen molar-refractivity contribution in [3.63, 3.8) is 0 Å². The normalized spacial score (nSPS) is 23.2. The summed E-state index contributed by atoms with van der Waals surface area (Å²) in [5.41, 5.74) is 6.93. The van der Waals surface area contributed by atoms with Crippen molar-refractivity contribution in [3.8, 4) is 0 Å². The summed E-state index contributed by atoms with van der Waals surface area (Å²) in [6.07, 6.45) is 4.82. The van der Waals surface area contributed by atoms with E-state index in [1.54, 1.807) is 11.3 Å². The molecule has 1 fully saturated rings. The molecule has 1 aromatic heterocycles. The van der Waals surface area contributed by atoms with E-state index in [0.717, 1.165) is 18.1 Å². The molecule has 0 aromatic carbocycles. The van der Waals surface area contributed by atoms with Gasteiger partial charge in [-0.1, -0.05) is 0 Å². The highest BCUT2D eigenvalue weighted by Gasteiger charge is 2.17. The van der Waals surface area contributed by atoms with E-state index in [2.05, 4.69) is 22.1 Å². The van der Waals surface area contributed by atoms with E-state index in [9.17, 15) is 0 Å². The fourth-order valence-corrected chi connectivity index (χ4v) is 4.14. The maximum Gasteiger partial charge on any atom is 0.0939 e. The van der Waals surface area contributed by atoms with E-state index in [1.165, 1.54) is 29.3 Å². The molecule has 2 heterocycles. The number of thiazole rings is 1. The lowest BCUT2D eigenvalue weighted by Crippen LogP contribution is -2.18. The van der Waals surface area contributed by atoms with E-state index in [1.807, 2.05) is 6.92 Å². The largest absolute Gasteiger partial charge is 0.328 e. The molecule has 1 aromatic rings. The Kier molecular flexibility index (Phi) is 4.05. The summed E-state index contributed by atoms with van der Waals surface area (Å²) in [5.74, 6) is 1.34. The van der Waals surface area contributed by atoms with Crippen molar-refractivity contribution in [2.24, 2.45) is 5.73 Å². The third kappa shape index (κ3) is 3.47. The summed E-state index contributed by atoms with van der Waals surface area (Å²) >= 11 is 3.90. The Bertz CT molecular complexity index is 303. The lowest BCUT2D eigenvalue weighted by molar-refractivity contribution is 0.718. The van der Waals surface area contributed by atoms with Crippen LogP contribution < -0.4 is 5.73 Å². The summed E-state index contributed by atoms with van der Waals surface area (Å²) < 4.78 is 0. The van der Waals surface area contributed by atoms with Crippen LogP contribution in [-0.4, -0.2) is 22.0 Å². The monoisotopic (exact) mass is 242 g/mol. The van der Waals surface area contributed by atoms with Crippen LogP contribution in [0.5, 0.6) is 0 Å². The summed E-state index contributed by atoms with van der Waals surface area (Å²) in [6, 6.07) is 0.223. The maximum absolute atomic E-state index is 5.76. The number of hydrogen-bond donors (Lipinski definition) is 1. The van der Waals surface area contributed by atoms with E-state index in [0.29, 0.717) is 0 Å². The lowest BCUT2D eigenvalue weighted by atomic mass is 10.2. The molecule has 0 amide bonds. The van der Waals surface area contributed by atoms with E-state index in [4.69, 9.17) is 5.73 Å². The van der Waals surface area contributed by atoms with Gasteiger partial charge in [0.2, 0.25) is 0 Å². The molecule has 1 aliphatic rings. The van der Waals surface area contributed by atoms with Gasteiger partial charge in [-0.3, -0.25) is 0 Å². The van der Waals surface area contributed by atoms with Crippen LogP contribution in [0.4, 0.5) is 0 Å². The Balaban J connectivity index is 1.88. The Morgan fingerprint density at radius 3 is 3.20 bits per heavy atom. The summed E-state index contributed by atoms with van der Waals surface area (Å²) in [7, 11) is 0. The molecule has 1 aliphatic heterocycles. The van der Waals surface area contributed by atoms with E-state index >= 15 is 0 Å². The molecule has 2 atom stereocenters. The molecule has 2 N–H and O–H groups in total. The zero-order valence-corrected chi connectivity index (χ0v) is 10.7. The highest BCUT2D eigenvalue weighted by molar-refractivity contribution is 8.00. The molecule has 2 unspecified atom stereocenters. The van der Waals surface area contributed by atoms with Gasteiger partial charge in [-0.15, -0.1) is 11.3 Å². The minimum absolute atomic E-state index is 0.223. The molecule has 15 heavy (non-hydrogen) atoms. The van der Waals surface area contributed by atoms with Crippen molar-refractivity contribution >= 4 is 23.1 Å². The first-order valence-electron chi connectivity index (χ1n) is 5.54.